The minimum Gasteiger partial charge on any atom is -0.326 e. The first kappa shape index (κ1) is 15.5. The van der Waals surface area contributed by atoms with Gasteiger partial charge in [-0.05, 0) is 73.1 Å². The second-order valence-electron chi connectivity index (χ2n) is 5.76. The normalized spacial score (nSPS) is 22.1. The molecule has 0 radical (unpaired) electrons. The molecular formula is C15H25BrN2S. The molecule has 2 unspecified atom stereocenters. The molecule has 108 valence electrons. The molecule has 0 aromatic carbocycles. The number of hydrogen-bond acceptors (Lipinski definition) is 3. The van der Waals surface area contributed by atoms with Gasteiger partial charge in [-0.25, -0.2) is 0 Å². The van der Waals surface area contributed by atoms with E-state index in [-0.39, 0.29) is 11.6 Å². The standard InChI is InChI=1S/C15H25BrN2S/c1-3-15(2,18-8-5-4-6-9-18)14(17)11-13-12(16)7-10-19-13/h7,10,14H,3-6,8-9,11,17H2,1-2H3. The molecule has 1 aliphatic heterocycles. The number of nitrogens with zero attached hydrogens (tertiary/aromatic N) is 1. The fraction of sp³-hybridized carbons (Fsp3) is 0.733. The number of hydrogen-bond donors (Lipinski definition) is 1. The molecule has 0 spiro atoms. The maximum Gasteiger partial charge on any atom is 0.0333 e. The van der Waals surface area contributed by atoms with Gasteiger partial charge in [0.25, 0.3) is 0 Å². The Morgan fingerprint density at radius 2 is 2.11 bits per heavy atom. The van der Waals surface area contributed by atoms with Crippen LogP contribution in [0, 0.1) is 0 Å². The summed E-state index contributed by atoms with van der Waals surface area (Å²) in [5.41, 5.74) is 6.73. The minimum atomic E-state index is 0.129. The van der Waals surface area contributed by atoms with E-state index in [0.29, 0.717) is 0 Å². The Morgan fingerprint density at radius 1 is 1.42 bits per heavy atom. The molecule has 0 amide bonds. The van der Waals surface area contributed by atoms with Crippen molar-refractivity contribution >= 4 is 27.3 Å². The fourth-order valence-electron chi connectivity index (χ4n) is 3.02. The highest BCUT2D eigenvalue weighted by molar-refractivity contribution is 9.10. The molecule has 1 aromatic heterocycles. The number of nitrogens with two attached hydrogens (primary N) is 1. The van der Waals surface area contributed by atoms with Crippen molar-refractivity contribution in [1.82, 2.24) is 4.90 Å². The van der Waals surface area contributed by atoms with Crippen LogP contribution in [0.25, 0.3) is 0 Å². The molecule has 0 bridgehead atoms. The lowest BCUT2D eigenvalue weighted by Gasteiger charge is -2.46. The van der Waals surface area contributed by atoms with E-state index in [9.17, 15) is 0 Å². The molecular weight excluding hydrogens is 320 g/mol. The van der Waals surface area contributed by atoms with Crippen molar-refractivity contribution < 1.29 is 0 Å². The third kappa shape index (κ3) is 3.41. The van der Waals surface area contributed by atoms with Gasteiger partial charge in [-0.15, -0.1) is 11.3 Å². The van der Waals surface area contributed by atoms with Gasteiger partial charge >= 0.3 is 0 Å². The molecule has 1 aliphatic rings. The molecule has 2 atom stereocenters. The molecule has 2 nitrogen and oxygen atoms in total. The number of likely N-dealkylation sites (tertiary alicyclic amines) is 1. The number of piperidine rings is 1. The van der Waals surface area contributed by atoms with E-state index in [4.69, 9.17) is 5.73 Å². The predicted octanol–water partition coefficient (Wildman–Crippen LogP) is 4.04. The zero-order chi connectivity index (χ0) is 13.9. The molecule has 1 fully saturated rings. The van der Waals surface area contributed by atoms with Crippen molar-refractivity contribution in [2.75, 3.05) is 13.1 Å². The second-order valence-corrected chi connectivity index (χ2v) is 7.62. The van der Waals surface area contributed by atoms with Crippen LogP contribution < -0.4 is 5.73 Å². The maximum absolute atomic E-state index is 6.60. The summed E-state index contributed by atoms with van der Waals surface area (Å²) >= 11 is 5.43. The second kappa shape index (κ2) is 6.70. The Labute approximate surface area is 129 Å². The van der Waals surface area contributed by atoms with Crippen molar-refractivity contribution in [3.8, 4) is 0 Å². The highest BCUT2D eigenvalue weighted by Crippen LogP contribution is 2.31. The fourth-order valence-corrected chi connectivity index (χ4v) is 4.59. The Balaban J connectivity index is 2.08. The van der Waals surface area contributed by atoms with Crippen molar-refractivity contribution in [1.29, 1.82) is 0 Å². The van der Waals surface area contributed by atoms with Gasteiger partial charge in [-0.3, -0.25) is 4.90 Å². The molecule has 0 saturated carbocycles. The first-order chi connectivity index (χ1) is 9.08. The predicted molar refractivity (Wildman–Crippen MR) is 87.8 cm³/mol. The SMILES string of the molecule is CCC(C)(C(N)Cc1sccc1Br)N1CCCCC1. The Kier molecular flexibility index (Phi) is 5.46. The van der Waals surface area contributed by atoms with E-state index in [1.165, 1.54) is 41.7 Å². The molecule has 2 heterocycles. The van der Waals surface area contributed by atoms with Crippen LogP contribution in [0.5, 0.6) is 0 Å². The lowest BCUT2D eigenvalue weighted by molar-refractivity contribution is 0.0548. The van der Waals surface area contributed by atoms with Crippen LogP contribution in [0.1, 0.15) is 44.4 Å². The lowest BCUT2D eigenvalue weighted by atomic mass is 9.84. The van der Waals surface area contributed by atoms with Crippen LogP contribution in [0.2, 0.25) is 0 Å². The van der Waals surface area contributed by atoms with Crippen molar-refractivity contribution in [2.45, 2.75) is 57.5 Å². The summed E-state index contributed by atoms with van der Waals surface area (Å²) in [7, 11) is 0. The third-order valence-corrected chi connectivity index (χ3v) is 6.64. The molecule has 2 N–H and O–H groups in total. The molecule has 1 saturated heterocycles. The summed E-state index contributed by atoms with van der Waals surface area (Å²) in [5, 5.41) is 2.14. The van der Waals surface area contributed by atoms with Gasteiger partial charge in [0.15, 0.2) is 0 Å². The summed E-state index contributed by atoms with van der Waals surface area (Å²) in [6.45, 7) is 7.05. The monoisotopic (exact) mass is 344 g/mol. The lowest BCUT2D eigenvalue weighted by Crippen LogP contribution is -2.59. The average molecular weight is 345 g/mol. The van der Waals surface area contributed by atoms with E-state index < -0.39 is 0 Å². The van der Waals surface area contributed by atoms with E-state index >= 15 is 0 Å². The third-order valence-electron chi connectivity index (χ3n) is 4.69. The van der Waals surface area contributed by atoms with Gasteiger partial charge in [0.2, 0.25) is 0 Å². The van der Waals surface area contributed by atoms with Crippen molar-refractivity contribution in [2.24, 2.45) is 5.73 Å². The van der Waals surface area contributed by atoms with Crippen LogP contribution in [0.3, 0.4) is 0 Å². The Bertz CT molecular complexity index is 401. The van der Waals surface area contributed by atoms with E-state index in [0.717, 1.165) is 12.8 Å². The maximum atomic E-state index is 6.60. The van der Waals surface area contributed by atoms with Gasteiger partial charge in [-0.2, -0.15) is 0 Å². The smallest absolute Gasteiger partial charge is 0.0333 e. The summed E-state index contributed by atoms with van der Waals surface area (Å²) in [6.07, 6.45) is 6.12. The minimum absolute atomic E-state index is 0.129. The van der Waals surface area contributed by atoms with Crippen LogP contribution >= 0.6 is 27.3 Å². The highest BCUT2D eigenvalue weighted by atomic mass is 79.9. The van der Waals surface area contributed by atoms with E-state index in [1.807, 2.05) is 0 Å². The Hall–Kier alpha value is 0.1000. The van der Waals surface area contributed by atoms with Crippen LogP contribution in [0.4, 0.5) is 0 Å². The number of rotatable bonds is 5. The van der Waals surface area contributed by atoms with Crippen molar-refractivity contribution in [3.05, 3.63) is 20.8 Å². The van der Waals surface area contributed by atoms with Crippen molar-refractivity contribution in [3.63, 3.8) is 0 Å². The molecule has 0 aliphatic carbocycles. The van der Waals surface area contributed by atoms with Gasteiger partial charge < -0.3 is 5.73 Å². The largest absolute Gasteiger partial charge is 0.326 e. The quantitative estimate of drug-likeness (QED) is 0.873. The molecule has 1 aromatic rings. The van der Waals surface area contributed by atoms with Gasteiger partial charge in [0.05, 0.1) is 0 Å². The van der Waals surface area contributed by atoms with Crippen LogP contribution in [0.15, 0.2) is 15.9 Å². The average Bonchev–Trinajstić information content (AvgIpc) is 2.84. The van der Waals surface area contributed by atoms with Crippen LogP contribution in [-0.4, -0.2) is 29.6 Å². The first-order valence-electron chi connectivity index (χ1n) is 7.30. The summed E-state index contributed by atoms with van der Waals surface area (Å²) in [5.74, 6) is 0. The van der Waals surface area contributed by atoms with Gasteiger partial charge in [0, 0.05) is 20.9 Å². The summed E-state index contributed by atoms with van der Waals surface area (Å²) in [4.78, 5) is 4.01. The molecule has 4 heteroatoms. The van der Waals surface area contributed by atoms with E-state index in [2.05, 4.69) is 46.1 Å². The van der Waals surface area contributed by atoms with E-state index in [1.54, 1.807) is 11.3 Å². The Morgan fingerprint density at radius 3 is 2.63 bits per heavy atom. The summed E-state index contributed by atoms with van der Waals surface area (Å²) < 4.78 is 1.21. The topological polar surface area (TPSA) is 29.3 Å². The molecule has 2 rings (SSSR count). The van der Waals surface area contributed by atoms with Crippen LogP contribution in [-0.2, 0) is 6.42 Å². The number of thiophene rings is 1. The number of halogens is 1. The first-order valence-corrected chi connectivity index (χ1v) is 8.97. The highest BCUT2D eigenvalue weighted by Gasteiger charge is 2.36. The summed E-state index contributed by atoms with van der Waals surface area (Å²) in [6, 6.07) is 2.32. The zero-order valence-electron chi connectivity index (χ0n) is 12.0. The molecule has 19 heavy (non-hydrogen) atoms. The van der Waals surface area contributed by atoms with Gasteiger partial charge in [-0.1, -0.05) is 13.3 Å². The van der Waals surface area contributed by atoms with Gasteiger partial charge in [0.1, 0.15) is 0 Å². The zero-order valence-corrected chi connectivity index (χ0v) is 14.4.